The van der Waals surface area contributed by atoms with Crippen molar-refractivity contribution in [2.45, 2.75) is 12.8 Å². The Labute approximate surface area is 150 Å². The molecule has 1 unspecified atom stereocenters. The number of benzene rings is 2. The van der Waals surface area contributed by atoms with Gasteiger partial charge in [-0.15, -0.1) is 0 Å². The molecule has 1 saturated heterocycles. The van der Waals surface area contributed by atoms with Crippen LogP contribution in [0.5, 0.6) is 0 Å². The Balaban J connectivity index is 1.44. The van der Waals surface area contributed by atoms with Gasteiger partial charge in [-0.2, -0.15) is 0 Å². The van der Waals surface area contributed by atoms with Crippen molar-refractivity contribution in [2.24, 2.45) is 5.92 Å². The molecule has 6 nitrogen and oxygen atoms in total. The molecule has 7 heteroatoms. The number of nitrogens with one attached hydrogen (secondary N) is 1. The van der Waals surface area contributed by atoms with E-state index in [4.69, 9.17) is 0 Å². The number of nitrogens with zero attached hydrogens (tertiary/aromatic N) is 2. The minimum atomic E-state index is -0.461. The maximum Gasteiger partial charge on any atom is 0.269 e. The highest BCUT2D eigenvalue weighted by Crippen LogP contribution is 2.23. The first kappa shape index (κ1) is 17.8. The number of halogens is 1. The van der Waals surface area contributed by atoms with E-state index in [9.17, 15) is 19.3 Å². The van der Waals surface area contributed by atoms with Crippen LogP contribution in [0, 0.1) is 21.8 Å². The zero-order chi connectivity index (χ0) is 18.5. The second kappa shape index (κ2) is 7.95. The molecule has 3 rings (SSSR count). The SMILES string of the molecule is O=C(Cc1ccc([N+](=O)[O-])cc1)NCC1CCN(c2ccc(F)cc2)C1. The van der Waals surface area contributed by atoms with E-state index in [1.807, 2.05) is 0 Å². The summed E-state index contributed by atoms with van der Waals surface area (Å²) in [6.45, 7) is 2.29. The summed E-state index contributed by atoms with van der Waals surface area (Å²) >= 11 is 0. The van der Waals surface area contributed by atoms with Crippen LogP contribution >= 0.6 is 0 Å². The Bertz CT molecular complexity index is 778. The van der Waals surface area contributed by atoms with Crippen molar-refractivity contribution in [3.63, 3.8) is 0 Å². The van der Waals surface area contributed by atoms with Gasteiger partial charge in [-0.25, -0.2) is 4.39 Å². The third-order valence-corrected chi connectivity index (χ3v) is 4.58. The summed E-state index contributed by atoms with van der Waals surface area (Å²) in [5.74, 6) is 0.00273. The first-order valence-corrected chi connectivity index (χ1v) is 8.52. The van der Waals surface area contributed by atoms with Crippen molar-refractivity contribution in [2.75, 3.05) is 24.5 Å². The van der Waals surface area contributed by atoms with E-state index < -0.39 is 4.92 Å². The number of amides is 1. The summed E-state index contributed by atoms with van der Waals surface area (Å²) in [5.41, 5.74) is 1.75. The van der Waals surface area contributed by atoms with E-state index in [0.717, 1.165) is 30.8 Å². The molecule has 1 atom stereocenters. The molecular formula is C19H20FN3O3. The molecule has 26 heavy (non-hydrogen) atoms. The number of hydrogen-bond acceptors (Lipinski definition) is 4. The maximum absolute atomic E-state index is 13.0. The molecule has 1 N–H and O–H groups in total. The molecule has 0 bridgehead atoms. The smallest absolute Gasteiger partial charge is 0.269 e. The summed E-state index contributed by atoms with van der Waals surface area (Å²) in [4.78, 5) is 24.4. The van der Waals surface area contributed by atoms with Gasteiger partial charge in [-0.3, -0.25) is 14.9 Å². The Hall–Kier alpha value is -2.96. The van der Waals surface area contributed by atoms with Crippen molar-refractivity contribution in [3.8, 4) is 0 Å². The van der Waals surface area contributed by atoms with Crippen LogP contribution in [0.15, 0.2) is 48.5 Å². The summed E-state index contributed by atoms with van der Waals surface area (Å²) < 4.78 is 13.0. The molecule has 0 spiro atoms. The normalized spacial score (nSPS) is 16.5. The highest BCUT2D eigenvalue weighted by molar-refractivity contribution is 5.78. The van der Waals surface area contributed by atoms with Gasteiger partial charge in [0.25, 0.3) is 5.69 Å². The van der Waals surface area contributed by atoms with Crippen molar-refractivity contribution >= 4 is 17.3 Å². The lowest BCUT2D eigenvalue weighted by molar-refractivity contribution is -0.384. The average Bonchev–Trinajstić information content (AvgIpc) is 3.10. The number of carbonyl (C=O) groups excluding carboxylic acids is 1. The molecule has 2 aromatic rings. The fourth-order valence-corrected chi connectivity index (χ4v) is 3.13. The van der Waals surface area contributed by atoms with Gasteiger partial charge in [0.05, 0.1) is 11.3 Å². The zero-order valence-electron chi connectivity index (χ0n) is 14.2. The molecule has 0 saturated carbocycles. The lowest BCUT2D eigenvalue weighted by Crippen LogP contribution is -2.32. The predicted octanol–water partition coefficient (Wildman–Crippen LogP) is 2.92. The third-order valence-electron chi connectivity index (χ3n) is 4.58. The standard InChI is InChI=1S/C19H20FN3O3/c20-16-3-7-17(8-4-16)22-10-9-15(13-22)12-21-19(24)11-14-1-5-18(6-2-14)23(25)26/h1-8,15H,9-13H2,(H,21,24). The third kappa shape index (κ3) is 4.56. The largest absolute Gasteiger partial charge is 0.371 e. The quantitative estimate of drug-likeness (QED) is 0.637. The van der Waals surface area contributed by atoms with E-state index in [1.165, 1.54) is 24.3 Å². The second-order valence-corrected chi connectivity index (χ2v) is 6.48. The number of nitro groups is 1. The molecule has 136 valence electrons. The molecule has 1 aliphatic heterocycles. The monoisotopic (exact) mass is 357 g/mol. The fourth-order valence-electron chi connectivity index (χ4n) is 3.13. The van der Waals surface area contributed by atoms with Crippen molar-refractivity contribution in [3.05, 3.63) is 70.0 Å². The maximum atomic E-state index is 13.0. The molecule has 1 amide bonds. The number of nitro benzene ring substituents is 1. The van der Waals surface area contributed by atoms with Crippen LogP contribution < -0.4 is 10.2 Å². The lowest BCUT2D eigenvalue weighted by atomic mass is 10.1. The molecule has 1 heterocycles. The Morgan fingerprint density at radius 2 is 1.88 bits per heavy atom. The fraction of sp³-hybridized carbons (Fsp3) is 0.316. The highest BCUT2D eigenvalue weighted by Gasteiger charge is 2.23. The van der Waals surface area contributed by atoms with E-state index >= 15 is 0 Å². The number of anilines is 1. The summed E-state index contributed by atoms with van der Waals surface area (Å²) in [7, 11) is 0. The van der Waals surface area contributed by atoms with Crippen LogP contribution in [0.25, 0.3) is 0 Å². The van der Waals surface area contributed by atoms with Gasteiger partial charge in [0.15, 0.2) is 0 Å². The van der Waals surface area contributed by atoms with Gasteiger partial charge in [0.2, 0.25) is 5.91 Å². The first-order valence-electron chi connectivity index (χ1n) is 8.52. The van der Waals surface area contributed by atoms with Gasteiger partial charge in [-0.1, -0.05) is 12.1 Å². The molecule has 0 radical (unpaired) electrons. The number of rotatable bonds is 6. The highest BCUT2D eigenvalue weighted by atomic mass is 19.1. The molecular weight excluding hydrogens is 337 g/mol. The number of carbonyl (C=O) groups is 1. The van der Waals surface area contributed by atoms with Gasteiger partial charge >= 0.3 is 0 Å². The summed E-state index contributed by atoms with van der Waals surface area (Å²) in [5, 5.41) is 13.6. The van der Waals surface area contributed by atoms with Crippen LogP contribution in [-0.2, 0) is 11.2 Å². The van der Waals surface area contributed by atoms with Crippen LogP contribution in [-0.4, -0.2) is 30.5 Å². The van der Waals surface area contributed by atoms with Crippen LogP contribution in [0.3, 0.4) is 0 Å². The second-order valence-electron chi connectivity index (χ2n) is 6.48. The van der Waals surface area contributed by atoms with E-state index in [-0.39, 0.29) is 23.8 Å². The van der Waals surface area contributed by atoms with Gasteiger partial charge in [0, 0.05) is 37.5 Å². The van der Waals surface area contributed by atoms with E-state index in [1.54, 1.807) is 24.3 Å². The molecule has 0 aromatic heterocycles. The van der Waals surface area contributed by atoms with Gasteiger partial charge in [-0.05, 0) is 42.2 Å². The van der Waals surface area contributed by atoms with Gasteiger partial charge < -0.3 is 10.2 Å². The van der Waals surface area contributed by atoms with Gasteiger partial charge in [0.1, 0.15) is 5.82 Å². The van der Waals surface area contributed by atoms with Crippen molar-refractivity contribution in [1.82, 2.24) is 5.32 Å². The van der Waals surface area contributed by atoms with Crippen LogP contribution in [0.2, 0.25) is 0 Å². The average molecular weight is 357 g/mol. The lowest BCUT2D eigenvalue weighted by Gasteiger charge is -2.18. The Morgan fingerprint density at radius 3 is 2.54 bits per heavy atom. The summed E-state index contributed by atoms with van der Waals surface area (Å²) in [6.07, 6.45) is 1.17. The summed E-state index contributed by atoms with van der Waals surface area (Å²) in [6, 6.07) is 12.5. The van der Waals surface area contributed by atoms with Crippen molar-refractivity contribution in [1.29, 1.82) is 0 Å². The molecule has 1 aliphatic rings. The molecule has 1 fully saturated rings. The zero-order valence-corrected chi connectivity index (χ0v) is 14.2. The predicted molar refractivity (Wildman–Crippen MR) is 96.5 cm³/mol. The minimum absolute atomic E-state index is 0.0148. The number of non-ortho nitro benzene ring substituents is 1. The first-order chi connectivity index (χ1) is 12.5. The Kier molecular flexibility index (Phi) is 5.46. The minimum Gasteiger partial charge on any atom is -0.371 e. The van der Waals surface area contributed by atoms with Crippen LogP contribution in [0.1, 0.15) is 12.0 Å². The van der Waals surface area contributed by atoms with E-state index in [0.29, 0.717) is 12.5 Å². The Morgan fingerprint density at radius 1 is 1.19 bits per heavy atom. The molecule has 0 aliphatic carbocycles. The molecule has 2 aromatic carbocycles. The van der Waals surface area contributed by atoms with Crippen molar-refractivity contribution < 1.29 is 14.1 Å². The topological polar surface area (TPSA) is 75.5 Å². The van der Waals surface area contributed by atoms with E-state index in [2.05, 4.69) is 10.2 Å². The van der Waals surface area contributed by atoms with Crippen LogP contribution in [0.4, 0.5) is 15.8 Å². The number of hydrogen-bond donors (Lipinski definition) is 1.